The molecule has 0 spiro atoms. The van der Waals surface area contributed by atoms with Crippen molar-refractivity contribution >= 4 is 40.3 Å². The normalized spacial score (nSPS) is 15.5. The van der Waals surface area contributed by atoms with Crippen LogP contribution in [0.15, 0.2) is 35.7 Å². The molecular formula is C20H24N2O2S2. The van der Waals surface area contributed by atoms with E-state index in [0.717, 1.165) is 24.1 Å². The number of rotatable bonds is 5. The van der Waals surface area contributed by atoms with Crippen molar-refractivity contribution in [2.45, 2.75) is 45.1 Å². The highest BCUT2D eigenvalue weighted by atomic mass is 32.1. The summed E-state index contributed by atoms with van der Waals surface area (Å²) in [4.78, 5) is 13.3. The summed E-state index contributed by atoms with van der Waals surface area (Å²) in [5.41, 5.74) is 2.30. The van der Waals surface area contributed by atoms with Gasteiger partial charge in [-0.3, -0.25) is 0 Å². The van der Waals surface area contributed by atoms with Gasteiger partial charge in [0.1, 0.15) is 0 Å². The number of anilines is 1. The molecule has 0 unspecified atom stereocenters. The molecule has 0 aliphatic heterocycles. The summed E-state index contributed by atoms with van der Waals surface area (Å²) in [7, 11) is 0. The first-order chi connectivity index (χ1) is 12.5. The molecule has 3 rings (SSSR count). The smallest absolute Gasteiger partial charge is 0.338 e. The molecule has 1 fully saturated rings. The number of esters is 1. The van der Waals surface area contributed by atoms with Gasteiger partial charge in [-0.15, -0.1) is 11.3 Å². The van der Waals surface area contributed by atoms with Crippen LogP contribution in [0.4, 0.5) is 5.69 Å². The zero-order valence-corrected chi connectivity index (χ0v) is 16.8. The molecule has 6 heteroatoms. The van der Waals surface area contributed by atoms with Gasteiger partial charge in [-0.05, 0) is 68.0 Å². The lowest BCUT2D eigenvalue weighted by Gasteiger charge is -2.31. The van der Waals surface area contributed by atoms with Crippen LogP contribution in [0, 0.1) is 6.92 Å². The van der Waals surface area contributed by atoms with E-state index in [1.54, 1.807) is 30.4 Å². The van der Waals surface area contributed by atoms with Crippen LogP contribution >= 0.6 is 23.6 Å². The van der Waals surface area contributed by atoms with Crippen LogP contribution in [-0.2, 0) is 10.3 Å². The quantitative estimate of drug-likeness (QED) is 0.558. The second kappa shape index (κ2) is 8.18. The Bertz CT molecular complexity index is 781. The van der Waals surface area contributed by atoms with E-state index in [0.29, 0.717) is 17.3 Å². The second-order valence-electron chi connectivity index (χ2n) is 6.60. The summed E-state index contributed by atoms with van der Waals surface area (Å²) in [6, 6.07) is 9.75. The van der Waals surface area contributed by atoms with Crippen molar-refractivity contribution < 1.29 is 9.53 Å². The fraction of sp³-hybridized carbons (Fsp3) is 0.400. The first-order valence-corrected chi connectivity index (χ1v) is 10.2. The van der Waals surface area contributed by atoms with Gasteiger partial charge in [0.15, 0.2) is 5.11 Å². The third kappa shape index (κ3) is 4.07. The molecule has 4 nitrogen and oxygen atoms in total. The molecular weight excluding hydrogens is 364 g/mol. The molecule has 1 aliphatic carbocycles. The maximum atomic E-state index is 12.0. The summed E-state index contributed by atoms with van der Waals surface area (Å²) in [6.07, 6.45) is 4.56. The minimum atomic E-state index is -0.319. The number of hydrogen-bond donors (Lipinski definition) is 2. The maximum absolute atomic E-state index is 12.0. The molecule has 1 aliphatic rings. The first kappa shape index (κ1) is 18.9. The van der Waals surface area contributed by atoms with E-state index in [1.165, 1.54) is 17.7 Å². The van der Waals surface area contributed by atoms with Gasteiger partial charge in [-0.25, -0.2) is 4.79 Å². The largest absolute Gasteiger partial charge is 0.462 e. The van der Waals surface area contributed by atoms with Gasteiger partial charge in [0, 0.05) is 10.6 Å². The van der Waals surface area contributed by atoms with E-state index in [2.05, 4.69) is 28.1 Å². The predicted molar refractivity (Wildman–Crippen MR) is 111 cm³/mol. The Balaban J connectivity index is 1.75. The van der Waals surface area contributed by atoms with Gasteiger partial charge < -0.3 is 15.4 Å². The Morgan fingerprint density at radius 3 is 2.73 bits per heavy atom. The molecule has 1 aromatic carbocycles. The number of carbonyl (C=O) groups excluding carboxylic acids is 1. The molecule has 0 radical (unpaired) electrons. The average molecular weight is 389 g/mol. The number of ether oxygens (including phenoxy) is 1. The monoisotopic (exact) mass is 388 g/mol. The van der Waals surface area contributed by atoms with Crippen LogP contribution in [-0.4, -0.2) is 17.7 Å². The van der Waals surface area contributed by atoms with Crippen LogP contribution < -0.4 is 10.6 Å². The molecule has 26 heavy (non-hydrogen) atoms. The number of carbonyl (C=O) groups is 1. The Morgan fingerprint density at radius 1 is 1.31 bits per heavy atom. The van der Waals surface area contributed by atoms with E-state index in [1.807, 2.05) is 13.0 Å². The van der Waals surface area contributed by atoms with Gasteiger partial charge in [0.25, 0.3) is 0 Å². The van der Waals surface area contributed by atoms with Crippen LogP contribution in [0.2, 0.25) is 0 Å². The third-order valence-corrected chi connectivity index (χ3v) is 6.08. The Hall–Kier alpha value is -1.92. The highest BCUT2D eigenvalue weighted by Gasteiger charge is 2.37. The molecule has 0 amide bonds. The number of aryl methyl sites for hydroxylation is 1. The zero-order chi connectivity index (χ0) is 18.6. The molecule has 0 bridgehead atoms. The zero-order valence-electron chi connectivity index (χ0n) is 15.1. The molecule has 1 saturated carbocycles. The summed E-state index contributed by atoms with van der Waals surface area (Å²) < 4.78 is 5.09. The van der Waals surface area contributed by atoms with Gasteiger partial charge >= 0.3 is 5.97 Å². The molecule has 1 heterocycles. The maximum Gasteiger partial charge on any atom is 0.338 e. The number of thiocarbonyl (C=S) groups is 1. The second-order valence-corrected chi connectivity index (χ2v) is 7.95. The minimum absolute atomic E-state index is 0.0785. The van der Waals surface area contributed by atoms with Crippen molar-refractivity contribution in [1.29, 1.82) is 0 Å². The topological polar surface area (TPSA) is 50.4 Å². The standard InChI is InChI=1S/C20H24N2O2S2/c1-3-24-18(23)15-9-8-14(2)16(13-15)21-19(25)22-20(10-4-5-11-20)17-7-6-12-26-17/h6-9,12-13H,3-5,10-11H2,1-2H3,(H2,21,22,25). The van der Waals surface area contributed by atoms with E-state index >= 15 is 0 Å². The van der Waals surface area contributed by atoms with Crippen molar-refractivity contribution in [2.75, 3.05) is 11.9 Å². The Kier molecular flexibility index (Phi) is 5.94. The summed E-state index contributed by atoms with van der Waals surface area (Å²) >= 11 is 7.38. The molecule has 1 aromatic heterocycles. The molecule has 2 N–H and O–H groups in total. The fourth-order valence-electron chi connectivity index (χ4n) is 3.43. The SMILES string of the molecule is CCOC(=O)c1ccc(C)c(NC(=S)NC2(c3cccs3)CCCC2)c1. The van der Waals surface area contributed by atoms with Gasteiger partial charge in [0.2, 0.25) is 0 Å². The van der Waals surface area contributed by atoms with E-state index in [-0.39, 0.29) is 11.5 Å². The number of thiophene rings is 1. The lowest BCUT2D eigenvalue weighted by atomic mass is 9.96. The number of benzene rings is 1. The van der Waals surface area contributed by atoms with Crippen molar-refractivity contribution in [2.24, 2.45) is 0 Å². The van der Waals surface area contributed by atoms with Crippen LogP contribution in [0.5, 0.6) is 0 Å². The van der Waals surface area contributed by atoms with Crippen LogP contribution in [0.25, 0.3) is 0 Å². The van der Waals surface area contributed by atoms with Gasteiger partial charge in [-0.2, -0.15) is 0 Å². The van der Waals surface area contributed by atoms with Crippen LogP contribution in [0.3, 0.4) is 0 Å². The summed E-state index contributed by atoms with van der Waals surface area (Å²) in [6.45, 7) is 4.15. The molecule has 2 aromatic rings. The van der Waals surface area contributed by atoms with E-state index in [4.69, 9.17) is 17.0 Å². The average Bonchev–Trinajstić information content (AvgIpc) is 3.29. The highest BCUT2D eigenvalue weighted by molar-refractivity contribution is 7.80. The van der Waals surface area contributed by atoms with Crippen LogP contribution in [0.1, 0.15) is 53.4 Å². The molecule has 0 saturated heterocycles. The lowest BCUT2D eigenvalue weighted by Crippen LogP contribution is -2.45. The Morgan fingerprint density at radius 2 is 2.08 bits per heavy atom. The van der Waals surface area contributed by atoms with Crippen molar-refractivity contribution in [3.8, 4) is 0 Å². The minimum Gasteiger partial charge on any atom is -0.462 e. The van der Waals surface area contributed by atoms with Crippen molar-refractivity contribution in [1.82, 2.24) is 5.32 Å². The lowest BCUT2D eigenvalue weighted by molar-refractivity contribution is 0.0526. The predicted octanol–water partition coefficient (Wildman–Crippen LogP) is 4.99. The summed E-state index contributed by atoms with van der Waals surface area (Å²) in [5, 5.41) is 9.54. The molecule has 138 valence electrons. The molecule has 0 atom stereocenters. The van der Waals surface area contributed by atoms with Gasteiger partial charge in [-0.1, -0.05) is 25.0 Å². The summed E-state index contributed by atoms with van der Waals surface area (Å²) in [5.74, 6) is -0.319. The third-order valence-electron chi connectivity index (χ3n) is 4.80. The van der Waals surface area contributed by atoms with Crippen molar-refractivity contribution in [3.63, 3.8) is 0 Å². The van der Waals surface area contributed by atoms with E-state index in [9.17, 15) is 4.79 Å². The Labute approximate surface area is 164 Å². The van der Waals surface area contributed by atoms with Crippen molar-refractivity contribution in [3.05, 3.63) is 51.7 Å². The van der Waals surface area contributed by atoms with Gasteiger partial charge in [0.05, 0.1) is 17.7 Å². The fourth-order valence-corrected chi connectivity index (χ4v) is 4.68. The number of nitrogens with one attached hydrogen (secondary N) is 2. The first-order valence-electron chi connectivity index (χ1n) is 8.95. The van der Waals surface area contributed by atoms with E-state index < -0.39 is 0 Å². The highest BCUT2D eigenvalue weighted by Crippen LogP contribution is 2.40. The number of hydrogen-bond acceptors (Lipinski definition) is 4.